The normalized spacial score (nSPS) is 23.2. The van der Waals surface area contributed by atoms with E-state index in [2.05, 4.69) is 4.98 Å². The second kappa shape index (κ2) is 8.05. The highest BCUT2D eigenvalue weighted by atomic mass is 32.2. The monoisotopic (exact) mass is 379 g/mol. The zero-order valence-corrected chi connectivity index (χ0v) is 16.5. The number of hydrogen-bond acceptors (Lipinski definition) is 4. The molecule has 6 nitrogen and oxygen atoms in total. The van der Waals surface area contributed by atoms with Gasteiger partial charge in [0.1, 0.15) is 5.69 Å². The van der Waals surface area contributed by atoms with Crippen LogP contribution in [-0.4, -0.2) is 59.9 Å². The molecule has 0 saturated carbocycles. The Labute approximate surface area is 156 Å². The Morgan fingerprint density at radius 2 is 1.88 bits per heavy atom. The highest BCUT2D eigenvalue weighted by molar-refractivity contribution is 7.89. The second-order valence-corrected chi connectivity index (χ2v) is 9.62. The quantitative estimate of drug-likeness (QED) is 0.806. The van der Waals surface area contributed by atoms with Crippen molar-refractivity contribution in [2.24, 2.45) is 5.92 Å². The molecule has 144 valence electrons. The molecule has 2 saturated heterocycles. The number of aromatic nitrogens is 1. The minimum Gasteiger partial charge on any atom is -0.334 e. The average Bonchev–Trinajstić information content (AvgIpc) is 2.67. The number of likely N-dealkylation sites (tertiary alicyclic amines) is 1. The van der Waals surface area contributed by atoms with Crippen LogP contribution in [-0.2, 0) is 10.0 Å². The lowest BCUT2D eigenvalue weighted by Gasteiger charge is -2.43. The molecule has 26 heavy (non-hydrogen) atoms. The molecular formula is C19H29N3O3S. The van der Waals surface area contributed by atoms with E-state index in [0.29, 0.717) is 24.7 Å². The van der Waals surface area contributed by atoms with Crippen LogP contribution in [0.3, 0.4) is 0 Å². The van der Waals surface area contributed by atoms with Crippen molar-refractivity contribution in [3.8, 4) is 0 Å². The number of pyridine rings is 1. The first-order valence-corrected chi connectivity index (χ1v) is 11.3. The van der Waals surface area contributed by atoms with Crippen molar-refractivity contribution in [2.45, 2.75) is 52.0 Å². The van der Waals surface area contributed by atoms with Gasteiger partial charge < -0.3 is 4.90 Å². The maximum absolute atomic E-state index is 13.0. The molecule has 0 aliphatic carbocycles. The highest BCUT2D eigenvalue weighted by Gasteiger charge is 2.37. The molecular weight excluding hydrogens is 350 g/mol. The Hall–Kier alpha value is -1.47. The predicted molar refractivity (Wildman–Crippen MR) is 101 cm³/mol. The summed E-state index contributed by atoms with van der Waals surface area (Å²) in [4.78, 5) is 19.4. The number of rotatable bonds is 4. The number of nitrogens with zero attached hydrogens (tertiary/aromatic N) is 3. The third-order valence-electron chi connectivity index (χ3n) is 5.72. The van der Waals surface area contributed by atoms with Crippen molar-refractivity contribution in [2.75, 3.05) is 25.4 Å². The van der Waals surface area contributed by atoms with E-state index in [1.54, 1.807) is 17.3 Å². The van der Waals surface area contributed by atoms with Crippen LogP contribution in [0.4, 0.5) is 0 Å². The van der Waals surface area contributed by atoms with Crippen LogP contribution in [0.2, 0.25) is 0 Å². The van der Waals surface area contributed by atoms with E-state index in [9.17, 15) is 13.2 Å². The molecule has 1 aromatic heterocycles. The Balaban J connectivity index is 1.71. The van der Waals surface area contributed by atoms with E-state index in [-0.39, 0.29) is 17.7 Å². The fourth-order valence-corrected chi connectivity index (χ4v) is 5.36. The van der Waals surface area contributed by atoms with Crippen LogP contribution in [0.5, 0.6) is 0 Å². The summed E-state index contributed by atoms with van der Waals surface area (Å²) in [5.74, 6) is 0.541. The van der Waals surface area contributed by atoms with Gasteiger partial charge in [-0.25, -0.2) is 17.7 Å². The molecule has 0 N–H and O–H groups in total. The predicted octanol–water partition coefficient (Wildman–Crippen LogP) is 2.45. The lowest BCUT2D eigenvalue weighted by atomic mass is 9.84. The van der Waals surface area contributed by atoms with Gasteiger partial charge in [0.05, 0.1) is 5.75 Å². The number of sulfonamides is 1. The summed E-state index contributed by atoms with van der Waals surface area (Å²) < 4.78 is 25.8. The van der Waals surface area contributed by atoms with Gasteiger partial charge in [0.2, 0.25) is 10.0 Å². The molecule has 1 atom stereocenters. The first-order chi connectivity index (χ1) is 12.4. The maximum Gasteiger partial charge on any atom is 0.272 e. The van der Waals surface area contributed by atoms with Crippen molar-refractivity contribution in [1.29, 1.82) is 0 Å². The minimum absolute atomic E-state index is 0.0157. The van der Waals surface area contributed by atoms with E-state index in [4.69, 9.17) is 0 Å². The summed E-state index contributed by atoms with van der Waals surface area (Å²) in [5, 5.41) is 0. The largest absolute Gasteiger partial charge is 0.334 e. The van der Waals surface area contributed by atoms with Crippen LogP contribution in [0.25, 0.3) is 0 Å². The third kappa shape index (κ3) is 4.09. The molecule has 3 heterocycles. The number of amides is 1. The number of aryl methyl sites for hydroxylation is 1. The summed E-state index contributed by atoms with van der Waals surface area (Å²) >= 11 is 0. The van der Waals surface area contributed by atoms with E-state index >= 15 is 0 Å². The average molecular weight is 380 g/mol. The number of carbonyl (C=O) groups is 1. The van der Waals surface area contributed by atoms with E-state index in [1.165, 1.54) is 0 Å². The molecule has 7 heteroatoms. The Bertz CT molecular complexity index is 742. The summed E-state index contributed by atoms with van der Waals surface area (Å²) in [6.07, 6.45) is 4.81. The molecule has 2 aliphatic heterocycles. The fraction of sp³-hybridized carbons (Fsp3) is 0.684. The van der Waals surface area contributed by atoms with Crippen molar-refractivity contribution in [3.63, 3.8) is 0 Å². The zero-order valence-electron chi connectivity index (χ0n) is 15.7. The smallest absolute Gasteiger partial charge is 0.272 e. The van der Waals surface area contributed by atoms with E-state index in [1.807, 2.05) is 24.0 Å². The van der Waals surface area contributed by atoms with Crippen molar-refractivity contribution in [3.05, 3.63) is 29.6 Å². The molecule has 1 unspecified atom stereocenters. The Kier molecular flexibility index (Phi) is 5.97. The number of piperidine rings is 2. The number of hydrogen-bond donors (Lipinski definition) is 0. The van der Waals surface area contributed by atoms with Gasteiger partial charge in [-0.2, -0.15) is 0 Å². The topological polar surface area (TPSA) is 70.6 Å². The van der Waals surface area contributed by atoms with Crippen LogP contribution >= 0.6 is 0 Å². The number of carbonyl (C=O) groups excluding carboxylic acids is 1. The third-order valence-corrected chi connectivity index (χ3v) is 7.60. The van der Waals surface area contributed by atoms with Gasteiger partial charge in [-0.1, -0.05) is 6.07 Å². The van der Waals surface area contributed by atoms with Gasteiger partial charge in [0, 0.05) is 31.4 Å². The highest BCUT2D eigenvalue weighted by Crippen LogP contribution is 2.32. The maximum atomic E-state index is 13.0. The molecule has 2 aliphatic rings. The van der Waals surface area contributed by atoms with Gasteiger partial charge in [-0.05, 0) is 64.0 Å². The van der Waals surface area contributed by atoms with Gasteiger partial charge >= 0.3 is 0 Å². The minimum atomic E-state index is -3.11. The van der Waals surface area contributed by atoms with Gasteiger partial charge in [-0.3, -0.25) is 4.79 Å². The summed E-state index contributed by atoms with van der Waals surface area (Å²) in [6, 6.07) is 5.76. The zero-order chi connectivity index (χ0) is 18.7. The Morgan fingerprint density at radius 3 is 2.54 bits per heavy atom. The molecule has 2 fully saturated rings. The van der Waals surface area contributed by atoms with Gasteiger partial charge in [-0.15, -0.1) is 0 Å². The van der Waals surface area contributed by atoms with Gasteiger partial charge in [0.15, 0.2) is 0 Å². The molecule has 0 spiro atoms. The lowest BCUT2D eigenvalue weighted by molar-refractivity contribution is 0.0442. The fourth-order valence-electron chi connectivity index (χ4n) is 4.23. The standard InChI is InChI=1S/C19H29N3O3S/c1-3-26(24,25)21-13-10-16(11-14-21)18-9-4-5-12-22(18)19(23)17-8-6-7-15(2)20-17/h6-8,16,18H,3-5,9-14H2,1-2H3. The SMILES string of the molecule is CCS(=O)(=O)N1CCC(C2CCCCN2C(=O)c2cccc(C)n2)CC1. The Morgan fingerprint density at radius 1 is 1.15 bits per heavy atom. The molecule has 1 aromatic rings. The van der Waals surface area contributed by atoms with Crippen molar-refractivity contribution < 1.29 is 13.2 Å². The van der Waals surface area contributed by atoms with Crippen LogP contribution in [0.1, 0.15) is 55.2 Å². The first-order valence-electron chi connectivity index (χ1n) is 9.65. The second-order valence-electron chi connectivity index (χ2n) is 7.36. The summed E-state index contributed by atoms with van der Waals surface area (Å²) in [6.45, 7) is 5.50. The lowest BCUT2D eigenvalue weighted by Crippen LogP contribution is -2.51. The van der Waals surface area contributed by atoms with Crippen molar-refractivity contribution in [1.82, 2.24) is 14.2 Å². The van der Waals surface area contributed by atoms with Crippen molar-refractivity contribution >= 4 is 15.9 Å². The van der Waals surface area contributed by atoms with Crippen LogP contribution in [0.15, 0.2) is 18.2 Å². The summed E-state index contributed by atoms with van der Waals surface area (Å²) in [7, 11) is -3.11. The summed E-state index contributed by atoms with van der Waals surface area (Å²) in [5.41, 5.74) is 1.37. The first kappa shape index (κ1) is 19.3. The molecule has 0 radical (unpaired) electrons. The molecule has 0 bridgehead atoms. The molecule has 1 amide bonds. The molecule has 3 rings (SSSR count). The molecule has 0 aromatic carbocycles. The van der Waals surface area contributed by atoms with E-state index < -0.39 is 10.0 Å². The van der Waals surface area contributed by atoms with Gasteiger partial charge in [0.25, 0.3) is 5.91 Å². The van der Waals surface area contributed by atoms with Crippen LogP contribution < -0.4 is 0 Å². The van der Waals surface area contributed by atoms with E-state index in [0.717, 1.165) is 44.3 Å². The van der Waals surface area contributed by atoms with Crippen LogP contribution in [0, 0.1) is 12.8 Å².